The zero-order valence-electron chi connectivity index (χ0n) is 8.40. The molecule has 1 fully saturated rings. The van der Waals surface area contributed by atoms with Crippen LogP contribution < -0.4 is 0 Å². The molecule has 13 heavy (non-hydrogen) atoms. The first-order valence-corrected chi connectivity index (χ1v) is 5.39. The second-order valence-electron chi connectivity index (χ2n) is 4.03. The average Bonchev–Trinajstić information content (AvgIpc) is 2.43. The molecule has 0 aromatic rings. The molecule has 1 unspecified atom stereocenters. The van der Waals surface area contributed by atoms with Crippen molar-refractivity contribution in [3.05, 3.63) is 11.6 Å². The number of carbonyl (C=O) groups is 1. The van der Waals surface area contributed by atoms with E-state index >= 15 is 0 Å². The van der Waals surface area contributed by atoms with Crippen LogP contribution in [0.25, 0.3) is 0 Å². The molecular weight excluding hydrogens is 184 g/mol. The molecule has 0 amide bonds. The van der Waals surface area contributed by atoms with E-state index in [4.69, 9.17) is 11.6 Å². The molecule has 0 bridgehead atoms. The number of rotatable bonds is 3. The number of Topliss-reactive ketones (excluding diaryl/α,β-unsaturated/α-hetero) is 1. The number of halogens is 1. The largest absolute Gasteiger partial charge is 0.300 e. The molecule has 0 spiro atoms. The Morgan fingerprint density at radius 3 is 2.77 bits per heavy atom. The Bertz CT molecular complexity index is 232. The van der Waals surface area contributed by atoms with Crippen LogP contribution in [-0.4, -0.2) is 11.7 Å². The molecule has 1 aliphatic rings. The molecule has 74 valence electrons. The third-order valence-corrected chi connectivity index (χ3v) is 3.22. The quantitative estimate of drug-likeness (QED) is 0.505. The van der Waals surface area contributed by atoms with E-state index in [1.807, 2.05) is 6.92 Å². The fourth-order valence-corrected chi connectivity index (χ4v) is 2.40. The highest BCUT2D eigenvalue weighted by atomic mass is 35.5. The van der Waals surface area contributed by atoms with E-state index in [1.165, 1.54) is 5.57 Å². The second-order valence-corrected chi connectivity index (χ2v) is 4.41. The van der Waals surface area contributed by atoms with Crippen molar-refractivity contribution < 1.29 is 4.79 Å². The van der Waals surface area contributed by atoms with Crippen LogP contribution in [0.4, 0.5) is 0 Å². The van der Waals surface area contributed by atoms with Crippen molar-refractivity contribution in [1.82, 2.24) is 0 Å². The number of allylic oxidation sites excluding steroid dienone is 2. The maximum absolute atomic E-state index is 11.2. The van der Waals surface area contributed by atoms with Gasteiger partial charge >= 0.3 is 0 Å². The molecule has 1 atom stereocenters. The summed E-state index contributed by atoms with van der Waals surface area (Å²) in [5.74, 6) is 1.06. The molecule has 0 aromatic carbocycles. The lowest BCUT2D eigenvalue weighted by Gasteiger charge is -2.26. The van der Waals surface area contributed by atoms with E-state index in [-0.39, 0.29) is 5.41 Å². The van der Waals surface area contributed by atoms with Crippen LogP contribution in [-0.2, 0) is 4.79 Å². The predicted octanol–water partition coefficient (Wildman–Crippen LogP) is 3.32. The SMILES string of the molecule is C/C=C(/CCCl)C1(C)CCC(=O)C1. The van der Waals surface area contributed by atoms with Crippen molar-refractivity contribution in [2.45, 2.75) is 39.5 Å². The van der Waals surface area contributed by atoms with Crippen molar-refractivity contribution >= 4 is 17.4 Å². The predicted molar refractivity (Wildman–Crippen MR) is 56.1 cm³/mol. The number of alkyl halides is 1. The van der Waals surface area contributed by atoms with Crippen LogP contribution >= 0.6 is 11.6 Å². The van der Waals surface area contributed by atoms with Crippen molar-refractivity contribution in [2.75, 3.05) is 5.88 Å². The molecule has 1 saturated carbocycles. The summed E-state index contributed by atoms with van der Waals surface area (Å²) in [6.45, 7) is 4.22. The molecular formula is C11H17ClO. The lowest BCUT2D eigenvalue weighted by Crippen LogP contribution is -2.16. The van der Waals surface area contributed by atoms with Gasteiger partial charge in [-0.3, -0.25) is 4.79 Å². The minimum atomic E-state index is 0.112. The summed E-state index contributed by atoms with van der Waals surface area (Å²) in [5.41, 5.74) is 1.47. The van der Waals surface area contributed by atoms with E-state index in [1.54, 1.807) is 0 Å². The van der Waals surface area contributed by atoms with Gasteiger partial charge in [-0.05, 0) is 25.2 Å². The molecule has 0 aromatic heterocycles. The Morgan fingerprint density at radius 1 is 1.69 bits per heavy atom. The normalized spacial score (nSPS) is 29.8. The molecule has 0 heterocycles. The molecule has 0 saturated heterocycles. The smallest absolute Gasteiger partial charge is 0.133 e. The zero-order valence-corrected chi connectivity index (χ0v) is 9.16. The van der Waals surface area contributed by atoms with E-state index in [2.05, 4.69) is 13.0 Å². The molecule has 2 heteroatoms. The summed E-state index contributed by atoms with van der Waals surface area (Å²) in [7, 11) is 0. The fourth-order valence-electron chi connectivity index (χ4n) is 2.20. The first kappa shape index (κ1) is 10.8. The molecule has 0 aliphatic heterocycles. The van der Waals surface area contributed by atoms with E-state index < -0.39 is 0 Å². The van der Waals surface area contributed by atoms with Gasteiger partial charge in [-0.1, -0.05) is 18.6 Å². The summed E-state index contributed by atoms with van der Waals surface area (Å²) in [6.07, 6.45) is 5.50. The monoisotopic (exact) mass is 200 g/mol. The average molecular weight is 201 g/mol. The number of carbonyl (C=O) groups excluding carboxylic acids is 1. The molecule has 0 radical (unpaired) electrons. The standard InChI is InChI=1S/C11H17ClO/c1-3-9(5-7-12)11(2)6-4-10(13)8-11/h3H,4-8H2,1-2H3/b9-3-. The lowest BCUT2D eigenvalue weighted by atomic mass is 9.79. The van der Waals surface area contributed by atoms with Gasteiger partial charge in [0.15, 0.2) is 0 Å². The first-order valence-electron chi connectivity index (χ1n) is 4.86. The highest BCUT2D eigenvalue weighted by Gasteiger charge is 2.36. The molecule has 1 nitrogen and oxygen atoms in total. The van der Waals surface area contributed by atoms with Gasteiger partial charge in [-0.2, -0.15) is 0 Å². The lowest BCUT2D eigenvalue weighted by molar-refractivity contribution is -0.117. The fraction of sp³-hybridized carbons (Fsp3) is 0.727. The molecule has 0 N–H and O–H groups in total. The van der Waals surface area contributed by atoms with E-state index in [0.29, 0.717) is 18.1 Å². The Hall–Kier alpha value is -0.300. The van der Waals surface area contributed by atoms with Gasteiger partial charge in [0.2, 0.25) is 0 Å². The molecule has 1 rings (SSSR count). The van der Waals surface area contributed by atoms with Crippen molar-refractivity contribution in [3.8, 4) is 0 Å². The van der Waals surface area contributed by atoms with Crippen LogP contribution in [0, 0.1) is 5.41 Å². The minimum Gasteiger partial charge on any atom is -0.300 e. The van der Waals surface area contributed by atoms with Gasteiger partial charge < -0.3 is 0 Å². The van der Waals surface area contributed by atoms with Crippen molar-refractivity contribution in [2.24, 2.45) is 5.41 Å². The van der Waals surface area contributed by atoms with Crippen LogP contribution in [0.2, 0.25) is 0 Å². The third-order valence-electron chi connectivity index (χ3n) is 3.03. The summed E-state index contributed by atoms with van der Waals surface area (Å²) in [4.78, 5) is 11.2. The van der Waals surface area contributed by atoms with Gasteiger partial charge in [0.1, 0.15) is 5.78 Å². The Balaban J connectivity index is 2.73. The maximum atomic E-state index is 11.2. The highest BCUT2D eigenvalue weighted by Crippen LogP contribution is 2.43. The van der Waals surface area contributed by atoms with Gasteiger partial charge in [-0.15, -0.1) is 11.6 Å². The first-order chi connectivity index (χ1) is 6.12. The van der Waals surface area contributed by atoms with Gasteiger partial charge in [-0.25, -0.2) is 0 Å². The molecule has 1 aliphatic carbocycles. The van der Waals surface area contributed by atoms with Gasteiger partial charge in [0.05, 0.1) is 0 Å². The Kier molecular flexibility index (Phi) is 3.55. The summed E-state index contributed by atoms with van der Waals surface area (Å²) < 4.78 is 0. The van der Waals surface area contributed by atoms with E-state index in [0.717, 1.165) is 19.3 Å². The minimum absolute atomic E-state index is 0.112. The van der Waals surface area contributed by atoms with Crippen molar-refractivity contribution in [3.63, 3.8) is 0 Å². The van der Waals surface area contributed by atoms with Gasteiger partial charge in [0.25, 0.3) is 0 Å². The van der Waals surface area contributed by atoms with Crippen LogP contribution in [0.3, 0.4) is 0 Å². The highest BCUT2D eigenvalue weighted by molar-refractivity contribution is 6.18. The van der Waals surface area contributed by atoms with Crippen LogP contribution in [0.15, 0.2) is 11.6 Å². The summed E-state index contributed by atoms with van der Waals surface area (Å²) >= 11 is 5.73. The van der Waals surface area contributed by atoms with Crippen molar-refractivity contribution in [1.29, 1.82) is 0 Å². The zero-order chi connectivity index (χ0) is 9.90. The second kappa shape index (κ2) is 4.28. The van der Waals surface area contributed by atoms with Crippen LogP contribution in [0.5, 0.6) is 0 Å². The summed E-state index contributed by atoms with van der Waals surface area (Å²) in [6, 6.07) is 0. The third kappa shape index (κ3) is 2.34. The van der Waals surface area contributed by atoms with Crippen LogP contribution in [0.1, 0.15) is 39.5 Å². The van der Waals surface area contributed by atoms with Gasteiger partial charge in [0, 0.05) is 18.7 Å². The topological polar surface area (TPSA) is 17.1 Å². The number of hydrogen-bond donors (Lipinski definition) is 0. The Labute approximate surface area is 85.2 Å². The van der Waals surface area contributed by atoms with E-state index in [9.17, 15) is 4.79 Å². The maximum Gasteiger partial charge on any atom is 0.133 e. The summed E-state index contributed by atoms with van der Waals surface area (Å²) in [5, 5.41) is 0. The Morgan fingerprint density at radius 2 is 2.38 bits per heavy atom. The number of ketones is 1. The number of hydrogen-bond acceptors (Lipinski definition) is 1.